The number of hydrogen-bond acceptors (Lipinski definition) is 6. The Hall–Kier alpha value is -3.26. The van der Waals surface area contributed by atoms with Crippen LogP contribution in [0.3, 0.4) is 0 Å². The van der Waals surface area contributed by atoms with Gasteiger partial charge in [-0.1, -0.05) is 17.7 Å². The molecule has 0 atom stereocenters. The smallest absolute Gasteiger partial charge is 0.339 e. The molecule has 0 spiro atoms. The number of ether oxygens (including phenoxy) is 2. The van der Waals surface area contributed by atoms with Gasteiger partial charge in [-0.3, -0.25) is 9.78 Å². The van der Waals surface area contributed by atoms with Gasteiger partial charge in [-0.15, -0.1) is 0 Å². The van der Waals surface area contributed by atoms with Crippen LogP contribution in [-0.4, -0.2) is 37.0 Å². The molecule has 1 aromatic carbocycles. The van der Waals surface area contributed by atoms with Crippen LogP contribution < -0.4 is 4.90 Å². The molecule has 1 amide bonds. The number of benzene rings is 1. The summed E-state index contributed by atoms with van der Waals surface area (Å²) in [5.41, 5.74) is 0.931. The zero-order chi connectivity index (χ0) is 23.3. The highest BCUT2D eigenvalue weighted by molar-refractivity contribution is 6.33. The fourth-order valence-corrected chi connectivity index (χ4v) is 3.83. The fourth-order valence-electron chi connectivity index (χ4n) is 3.60. The largest absolute Gasteiger partial charge is 0.466 e. The van der Waals surface area contributed by atoms with Crippen molar-refractivity contribution < 1.29 is 28.2 Å². The van der Waals surface area contributed by atoms with Crippen molar-refractivity contribution in [3.8, 4) is 0 Å². The summed E-state index contributed by atoms with van der Waals surface area (Å²) in [7, 11) is 2.43. The van der Waals surface area contributed by atoms with Crippen molar-refractivity contribution >= 4 is 35.1 Å². The van der Waals surface area contributed by atoms with E-state index in [2.05, 4.69) is 4.98 Å². The lowest BCUT2D eigenvalue weighted by Crippen LogP contribution is -2.34. The Morgan fingerprint density at radius 3 is 2.41 bits per heavy atom. The highest BCUT2D eigenvalue weighted by Crippen LogP contribution is 2.33. The topological polar surface area (TPSA) is 85.8 Å². The van der Waals surface area contributed by atoms with Crippen LogP contribution in [-0.2, 0) is 25.6 Å². The van der Waals surface area contributed by atoms with Crippen LogP contribution in [0.4, 0.5) is 10.1 Å². The molecule has 0 bridgehead atoms. The summed E-state index contributed by atoms with van der Waals surface area (Å²) in [4.78, 5) is 43.3. The molecule has 9 heteroatoms. The molecule has 1 aromatic heterocycles. The minimum Gasteiger partial charge on any atom is -0.466 e. The first kappa shape index (κ1) is 23.4. The molecule has 0 unspecified atom stereocenters. The minimum atomic E-state index is -0.795. The van der Waals surface area contributed by atoms with E-state index in [-0.39, 0.29) is 34.0 Å². The highest BCUT2D eigenvalue weighted by Gasteiger charge is 2.31. The van der Waals surface area contributed by atoms with E-state index in [1.54, 1.807) is 24.5 Å². The molecule has 0 radical (unpaired) electrons. The standard InChI is InChI=1S/C23H22ClFN2O5/c1-31-22(29)16-8-4-3-7-15(16)21(28)27(13-14-6-5-9-26-12-14)20-10-17(23(30)32-2)18(24)11-19(20)25/h5-6,9-12H,3-4,7-8,13H2,1-2H3. The van der Waals surface area contributed by atoms with Gasteiger partial charge in [0, 0.05) is 23.5 Å². The molecule has 2 aromatic rings. The molecule has 168 valence electrons. The Morgan fingerprint density at radius 2 is 1.78 bits per heavy atom. The summed E-state index contributed by atoms with van der Waals surface area (Å²) < 4.78 is 24.6. The number of halogens is 2. The lowest BCUT2D eigenvalue weighted by atomic mass is 9.90. The van der Waals surface area contributed by atoms with Crippen LogP contribution in [0.15, 0.2) is 47.8 Å². The summed E-state index contributed by atoms with van der Waals surface area (Å²) in [6, 6.07) is 5.57. The van der Waals surface area contributed by atoms with E-state index in [0.29, 0.717) is 24.8 Å². The monoisotopic (exact) mass is 460 g/mol. The quantitative estimate of drug-likeness (QED) is 0.599. The number of rotatable bonds is 6. The Kier molecular flexibility index (Phi) is 7.58. The highest BCUT2D eigenvalue weighted by atomic mass is 35.5. The predicted octanol–water partition coefficient (Wildman–Crippen LogP) is 4.24. The van der Waals surface area contributed by atoms with Crippen molar-refractivity contribution in [3.05, 3.63) is 69.8 Å². The van der Waals surface area contributed by atoms with Gasteiger partial charge in [0.2, 0.25) is 0 Å². The average Bonchev–Trinajstić information content (AvgIpc) is 2.82. The number of methoxy groups -OCH3 is 2. The van der Waals surface area contributed by atoms with E-state index in [1.807, 2.05) is 0 Å². The third-order valence-corrected chi connectivity index (χ3v) is 5.51. The van der Waals surface area contributed by atoms with E-state index < -0.39 is 23.7 Å². The molecule has 1 aliphatic rings. The van der Waals surface area contributed by atoms with Crippen molar-refractivity contribution in [2.75, 3.05) is 19.1 Å². The predicted molar refractivity (Wildman–Crippen MR) is 116 cm³/mol. The molecule has 7 nitrogen and oxygen atoms in total. The van der Waals surface area contributed by atoms with E-state index in [1.165, 1.54) is 25.2 Å². The maximum atomic E-state index is 15.0. The number of anilines is 1. The summed E-state index contributed by atoms with van der Waals surface area (Å²) in [5, 5.41) is -0.140. The number of nitrogens with zero attached hydrogens (tertiary/aromatic N) is 2. The van der Waals surface area contributed by atoms with Crippen LogP contribution in [0, 0.1) is 5.82 Å². The normalized spacial score (nSPS) is 13.5. The van der Waals surface area contributed by atoms with Crippen LogP contribution in [0.5, 0.6) is 0 Å². The number of amides is 1. The molecule has 0 N–H and O–H groups in total. The van der Waals surface area contributed by atoms with Gasteiger partial charge in [0.1, 0.15) is 5.82 Å². The number of esters is 2. The molecule has 0 saturated carbocycles. The summed E-state index contributed by atoms with van der Waals surface area (Å²) in [5.74, 6) is -2.69. The van der Waals surface area contributed by atoms with Crippen molar-refractivity contribution in [1.82, 2.24) is 4.98 Å². The van der Waals surface area contributed by atoms with Crippen molar-refractivity contribution in [2.24, 2.45) is 0 Å². The van der Waals surface area contributed by atoms with E-state index in [0.717, 1.165) is 12.5 Å². The maximum absolute atomic E-state index is 15.0. The van der Waals surface area contributed by atoms with Gasteiger partial charge in [0.05, 0.1) is 37.0 Å². The van der Waals surface area contributed by atoms with E-state index in [9.17, 15) is 14.4 Å². The van der Waals surface area contributed by atoms with Gasteiger partial charge in [-0.2, -0.15) is 0 Å². The van der Waals surface area contributed by atoms with Crippen LogP contribution in [0.2, 0.25) is 5.02 Å². The van der Waals surface area contributed by atoms with Gasteiger partial charge in [-0.05, 0) is 49.4 Å². The lowest BCUT2D eigenvalue weighted by molar-refractivity contribution is -0.136. The molecular formula is C23H22ClFN2O5. The fraction of sp³-hybridized carbons (Fsp3) is 0.304. The van der Waals surface area contributed by atoms with Crippen LogP contribution in [0.1, 0.15) is 41.6 Å². The van der Waals surface area contributed by atoms with Crippen molar-refractivity contribution in [1.29, 1.82) is 0 Å². The average molecular weight is 461 g/mol. The lowest BCUT2D eigenvalue weighted by Gasteiger charge is -2.28. The number of pyridine rings is 1. The van der Waals surface area contributed by atoms with Gasteiger partial charge in [-0.25, -0.2) is 14.0 Å². The second kappa shape index (κ2) is 10.4. The third kappa shape index (κ3) is 4.96. The van der Waals surface area contributed by atoms with Gasteiger partial charge < -0.3 is 14.4 Å². The summed E-state index contributed by atoms with van der Waals surface area (Å²) in [6.45, 7) is -0.0379. The molecule has 32 heavy (non-hydrogen) atoms. The number of carbonyl (C=O) groups excluding carboxylic acids is 3. The Balaban J connectivity index is 2.15. The Bertz CT molecular complexity index is 1070. The number of carbonyl (C=O) groups is 3. The van der Waals surface area contributed by atoms with Crippen molar-refractivity contribution in [2.45, 2.75) is 32.2 Å². The molecule has 0 aliphatic heterocycles. The van der Waals surface area contributed by atoms with Gasteiger partial charge >= 0.3 is 11.9 Å². The molecule has 1 aliphatic carbocycles. The number of aromatic nitrogens is 1. The van der Waals surface area contributed by atoms with Gasteiger partial charge in [0.25, 0.3) is 5.91 Å². The summed E-state index contributed by atoms with van der Waals surface area (Å²) >= 11 is 6.03. The molecular weight excluding hydrogens is 439 g/mol. The Morgan fingerprint density at radius 1 is 1.09 bits per heavy atom. The van der Waals surface area contributed by atoms with E-state index >= 15 is 4.39 Å². The molecule has 1 heterocycles. The first-order valence-corrected chi connectivity index (χ1v) is 10.3. The first-order valence-electron chi connectivity index (χ1n) is 9.95. The zero-order valence-electron chi connectivity index (χ0n) is 17.7. The first-order chi connectivity index (χ1) is 15.4. The van der Waals surface area contributed by atoms with Crippen molar-refractivity contribution in [3.63, 3.8) is 0 Å². The number of hydrogen-bond donors (Lipinski definition) is 0. The van der Waals surface area contributed by atoms with Crippen LogP contribution in [0.25, 0.3) is 0 Å². The van der Waals surface area contributed by atoms with Gasteiger partial charge in [0.15, 0.2) is 0 Å². The second-order valence-electron chi connectivity index (χ2n) is 7.18. The third-order valence-electron chi connectivity index (χ3n) is 5.20. The molecule has 0 fully saturated rings. The minimum absolute atomic E-state index is 0.0379. The molecule has 0 saturated heterocycles. The van der Waals surface area contributed by atoms with E-state index in [4.69, 9.17) is 21.1 Å². The maximum Gasteiger partial charge on any atom is 0.339 e. The zero-order valence-corrected chi connectivity index (χ0v) is 18.4. The SMILES string of the molecule is COC(=O)C1=C(C(=O)N(Cc2cccnc2)c2cc(C(=O)OC)c(Cl)cc2F)CCCC1. The molecule has 3 rings (SSSR count). The Labute approximate surface area is 189 Å². The summed E-state index contributed by atoms with van der Waals surface area (Å²) in [6.07, 6.45) is 5.32. The second-order valence-corrected chi connectivity index (χ2v) is 7.59. The van der Waals surface area contributed by atoms with Crippen LogP contribution >= 0.6 is 11.6 Å².